The van der Waals surface area contributed by atoms with Gasteiger partial charge in [-0.15, -0.1) is 0 Å². The molecular formula is C13H23N3O2. The molecule has 102 valence electrons. The van der Waals surface area contributed by atoms with Crippen LogP contribution in [0.5, 0.6) is 0 Å². The second-order valence-corrected chi connectivity index (χ2v) is 4.67. The van der Waals surface area contributed by atoms with Crippen molar-refractivity contribution in [2.75, 3.05) is 20.2 Å². The molecule has 0 saturated carbocycles. The van der Waals surface area contributed by atoms with Crippen molar-refractivity contribution in [1.29, 1.82) is 0 Å². The Morgan fingerprint density at radius 1 is 1.56 bits per heavy atom. The normalized spacial score (nSPS) is 11.2. The van der Waals surface area contributed by atoms with E-state index in [-0.39, 0.29) is 5.97 Å². The maximum Gasteiger partial charge on any atom is 0.319 e. The van der Waals surface area contributed by atoms with Gasteiger partial charge in [-0.25, -0.2) is 0 Å². The van der Waals surface area contributed by atoms with Crippen LogP contribution < -0.4 is 0 Å². The number of esters is 1. The number of hydrogen-bond acceptors (Lipinski definition) is 4. The molecular weight excluding hydrogens is 230 g/mol. The number of aromatic nitrogens is 2. The lowest BCUT2D eigenvalue weighted by atomic mass is 10.3. The van der Waals surface area contributed by atoms with Gasteiger partial charge in [0.2, 0.25) is 0 Å². The minimum absolute atomic E-state index is 0.202. The van der Waals surface area contributed by atoms with E-state index in [9.17, 15) is 4.79 Å². The Morgan fingerprint density at radius 3 is 2.78 bits per heavy atom. The van der Waals surface area contributed by atoms with E-state index in [0.29, 0.717) is 19.1 Å². The average Bonchev–Trinajstić information content (AvgIpc) is 2.77. The number of hydrogen-bond donors (Lipinski definition) is 0. The fourth-order valence-corrected chi connectivity index (χ4v) is 1.76. The number of carbonyl (C=O) groups is 1. The van der Waals surface area contributed by atoms with Crippen LogP contribution in [0.25, 0.3) is 0 Å². The summed E-state index contributed by atoms with van der Waals surface area (Å²) in [6.45, 7) is 8.15. The lowest BCUT2D eigenvalue weighted by Crippen LogP contribution is -2.31. The van der Waals surface area contributed by atoms with Crippen molar-refractivity contribution in [3.05, 3.63) is 18.0 Å². The molecule has 0 unspecified atom stereocenters. The molecule has 5 nitrogen and oxygen atoms in total. The van der Waals surface area contributed by atoms with Crippen molar-refractivity contribution in [3.63, 3.8) is 0 Å². The summed E-state index contributed by atoms with van der Waals surface area (Å²) >= 11 is 0. The SMILES string of the molecule is CCCN(CC(=O)OC)Cc1ccn(C(C)C)n1. The molecule has 0 atom stereocenters. The molecule has 0 amide bonds. The Balaban J connectivity index is 2.61. The molecule has 1 aromatic rings. The topological polar surface area (TPSA) is 47.4 Å². The van der Waals surface area contributed by atoms with Gasteiger partial charge in [-0.05, 0) is 32.9 Å². The van der Waals surface area contributed by atoms with Crippen LogP contribution in [-0.2, 0) is 16.1 Å². The minimum atomic E-state index is -0.202. The van der Waals surface area contributed by atoms with Crippen LogP contribution in [0.2, 0.25) is 0 Å². The highest BCUT2D eigenvalue weighted by atomic mass is 16.5. The molecule has 0 fully saturated rings. The van der Waals surface area contributed by atoms with Gasteiger partial charge in [0.05, 0.1) is 19.3 Å². The highest BCUT2D eigenvalue weighted by molar-refractivity contribution is 5.71. The molecule has 0 aromatic carbocycles. The summed E-state index contributed by atoms with van der Waals surface area (Å²) in [5, 5.41) is 4.49. The average molecular weight is 253 g/mol. The molecule has 0 radical (unpaired) electrons. The molecule has 0 aliphatic heterocycles. The molecule has 0 spiro atoms. The molecule has 0 bridgehead atoms. The number of rotatable bonds is 7. The van der Waals surface area contributed by atoms with E-state index in [0.717, 1.165) is 18.7 Å². The molecule has 18 heavy (non-hydrogen) atoms. The molecule has 0 aliphatic rings. The van der Waals surface area contributed by atoms with Crippen molar-refractivity contribution in [1.82, 2.24) is 14.7 Å². The first-order valence-electron chi connectivity index (χ1n) is 6.40. The van der Waals surface area contributed by atoms with Crippen LogP contribution in [0.3, 0.4) is 0 Å². The van der Waals surface area contributed by atoms with Crippen LogP contribution in [0, 0.1) is 0 Å². The van der Waals surface area contributed by atoms with Gasteiger partial charge in [-0.1, -0.05) is 6.92 Å². The quantitative estimate of drug-likeness (QED) is 0.696. The lowest BCUT2D eigenvalue weighted by Gasteiger charge is -2.18. The van der Waals surface area contributed by atoms with E-state index in [2.05, 4.69) is 30.8 Å². The summed E-state index contributed by atoms with van der Waals surface area (Å²) < 4.78 is 6.63. The lowest BCUT2D eigenvalue weighted by molar-refractivity contribution is -0.142. The van der Waals surface area contributed by atoms with E-state index in [1.165, 1.54) is 7.11 Å². The highest BCUT2D eigenvalue weighted by Crippen LogP contribution is 2.07. The monoisotopic (exact) mass is 253 g/mol. The van der Waals surface area contributed by atoms with Gasteiger partial charge in [0.1, 0.15) is 0 Å². The number of carbonyl (C=O) groups excluding carboxylic acids is 1. The summed E-state index contributed by atoms with van der Waals surface area (Å²) in [5.74, 6) is -0.202. The zero-order chi connectivity index (χ0) is 13.5. The molecule has 1 rings (SSSR count). The summed E-state index contributed by atoms with van der Waals surface area (Å²) in [6.07, 6.45) is 2.98. The maximum absolute atomic E-state index is 11.3. The van der Waals surface area contributed by atoms with Crippen LogP contribution >= 0.6 is 0 Å². The molecule has 0 saturated heterocycles. The third-order valence-electron chi connectivity index (χ3n) is 2.70. The van der Waals surface area contributed by atoms with Crippen LogP contribution in [0.15, 0.2) is 12.3 Å². The smallest absolute Gasteiger partial charge is 0.319 e. The third kappa shape index (κ3) is 4.49. The van der Waals surface area contributed by atoms with Gasteiger partial charge in [0.15, 0.2) is 0 Å². The molecule has 0 aliphatic carbocycles. The minimum Gasteiger partial charge on any atom is -0.468 e. The Labute approximate surface area is 109 Å². The molecule has 1 aromatic heterocycles. The first-order chi connectivity index (χ1) is 8.56. The van der Waals surface area contributed by atoms with E-state index < -0.39 is 0 Å². The zero-order valence-corrected chi connectivity index (χ0v) is 11.7. The molecule has 1 heterocycles. The van der Waals surface area contributed by atoms with Gasteiger partial charge in [0, 0.05) is 18.8 Å². The summed E-state index contributed by atoms with van der Waals surface area (Å²) in [5.41, 5.74) is 0.987. The van der Waals surface area contributed by atoms with Crippen molar-refractivity contribution in [2.24, 2.45) is 0 Å². The molecule has 5 heteroatoms. The van der Waals surface area contributed by atoms with Gasteiger partial charge in [-0.3, -0.25) is 14.4 Å². The highest BCUT2D eigenvalue weighted by Gasteiger charge is 2.12. The standard InChI is InChI=1S/C13H23N3O2/c1-5-7-15(10-13(17)18-4)9-12-6-8-16(14-12)11(2)3/h6,8,11H,5,7,9-10H2,1-4H3. The molecule has 0 N–H and O–H groups in total. The summed E-state index contributed by atoms with van der Waals surface area (Å²) in [7, 11) is 1.42. The first kappa shape index (κ1) is 14.7. The summed E-state index contributed by atoms with van der Waals surface area (Å²) in [6, 6.07) is 2.36. The van der Waals surface area contributed by atoms with E-state index >= 15 is 0 Å². The van der Waals surface area contributed by atoms with Gasteiger partial charge >= 0.3 is 5.97 Å². The summed E-state index contributed by atoms with van der Waals surface area (Å²) in [4.78, 5) is 13.4. The van der Waals surface area contributed by atoms with Crippen LogP contribution in [0.4, 0.5) is 0 Å². The number of methoxy groups -OCH3 is 1. The predicted octanol–water partition coefficient (Wildman–Crippen LogP) is 1.85. The van der Waals surface area contributed by atoms with Crippen molar-refractivity contribution in [3.8, 4) is 0 Å². The third-order valence-corrected chi connectivity index (χ3v) is 2.70. The number of nitrogens with zero attached hydrogens (tertiary/aromatic N) is 3. The Hall–Kier alpha value is -1.36. The van der Waals surface area contributed by atoms with Crippen molar-refractivity contribution in [2.45, 2.75) is 39.8 Å². The van der Waals surface area contributed by atoms with Crippen LogP contribution in [-0.4, -0.2) is 40.8 Å². The fourth-order valence-electron chi connectivity index (χ4n) is 1.76. The van der Waals surface area contributed by atoms with E-state index in [1.54, 1.807) is 0 Å². The Morgan fingerprint density at radius 2 is 2.28 bits per heavy atom. The predicted molar refractivity (Wildman–Crippen MR) is 70.2 cm³/mol. The van der Waals surface area contributed by atoms with Crippen molar-refractivity contribution >= 4 is 5.97 Å². The van der Waals surface area contributed by atoms with Gasteiger partial charge in [-0.2, -0.15) is 5.10 Å². The maximum atomic E-state index is 11.3. The number of ether oxygens (including phenoxy) is 1. The van der Waals surface area contributed by atoms with E-state index in [1.807, 2.05) is 16.9 Å². The largest absolute Gasteiger partial charge is 0.468 e. The fraction of sp³-hybridized carbons (Fsp3) is 0.692. The van der Waals surface area contributed by atoms with Crippen molar-refractivity contribution < 1.29 is 9.53 Å². The van der Waals surface area contributed by atoms with Crippen LogP contribution in [0.1, 0.15) is 38.9 Å². The van der Waals surface area contributed by atoms with E-state index in [4.69, 9.17) is 4.74 Å². The second kappa shape index (κ2) is 7.16. The van der Waals surface area contributed by atoms with Gasteiger partial charge < -0.3 is 4.74 Å². The second-order valence-electron chi connectivity index (χ2n) is 4.67. The zero-order valence-electron chi connectivity index (χ0n) is 11.7. The van der Waals surface area contributed by atoms with Gasteiger partial charge in [0.25, 0.3) is 0 Å². The Bertz CT molecular complexity index is 374. The Kier molecular flexibility index (Phi) is 5.85. The first-order valence-corrected chi connectivity index (χ1v) is 6.40.